The van der Waals surface area contributed by atoms with E-state index < -0.39 is 0 Å². The van der Waals surface area contributed by atoms with Gasteiger partial charge in [0.15, 0.2) is 0 Å². The minimum Gasteiger partial charge on any atom is -0.316 e. The number of aryl methyl sites for hydroxylation is 3. The number of fused-ring (bicyclic) bond motifs is 1. The van der Waals surface area contributed by atoms with Crippen LogP contribution in [0.2, 0.25) is 0 Å². The minimum atomic E-state index is 0.861. The number of benzene rings is 1. The fraction of sp³-hybridized carbons (Fsp3) is 0.438. The monoisotopic (exact) mass is 255 g/mol. The first-order valence-electron chi connectivity index (χ1n) is 7.07. The Morgan fingerprint density at radius 3 is 2.79 bits per heavy atom. The Kier molecular flexibility index (Phi) is 3.38. The molecule has 0 amide bonds. The SMILES string of the molecule is CNCc1cn(C)nc1-c1ccc2c(c1)CCCC2. The van der Waals surface area contributed by atoms with Gasteiger partial charge in [0.25, 0.3) is 0 Å². The summed E-state index contributed by atoms with van der Waals surface area (Å²) < 4.78 is 1.90. The number of hydrogen-bond acceptors (Lipinski definition) is 2. The van der Waals surface area contributed by atoms with E-state index in [1.54, 1.807) is 0 Å². The van der Waals surface area contributed by atoms with Gasteiger partial charge in [-0.1, -0.05) is 12.1 Å². The highest BCUT2D eigenvalue weighted by molar-refractivity contribution is 5.64. The van der Waals surface area contributed by atoms with Crippen molar-refractivity contribution in [3.8, 4) is 11.3 Å². The van der Waals surface area contributed by atoms with Gasteiger partial charge in [0, 0.05) is 30.9 Å². The van der Waals surface area contributed by atoms with Crippen molar-refractivity contribution in [3.05, 3.63) is 41.1 Å². The maximum atomic E-state index is 4.63. The standard InChI is InChI=1S/C16H21N3/c1-17-10-15-11-19(2)18-16(15)14-8-7-12-5-3-4-6-13(12)9-14/h7-9,11,17H,3-6,10H2,1-2H3. The van der Waals surface area contributed by atoms with Crippen LogP contribution in [0.15, 0.2) is 24.4 Å². The van der Waals surface area contributed by atoms with E-state index in [2.05, 4.69) is 34.8 Å². The average Bonchev–Trinajstić information content (AvgIpc) is 2.80. The molecule has 0 spiro atoms. The second-order valence-corrected chi connectivity index (χ2v) is 5.40. The smallest absolute Gasteiger partial charge is 0.0968 e. The summed E-state index contributed by atoms with van der Waals surface area (Å²) in [6, 6.07) is 6.86. The number of nitrogens with zero attached hydrogens (tertiary/aromatic N) is 2. The highest BCUT2D eigenvalue weighted by Gasteiger charge is 2.14. The van der Waals surface area contributed by atoms with Gasteiger partial charge in [-0.3, -0.25) is 4.68 Å². The molecule has 1 heterocycles. The van der Waals surface area contributed by atoms with Crippen molar-refractivity contribution < 1.29 is 0 Å². The molecule has 0 aliphatic heterocycles. The van der Waals surface area contributed by atoms with E-state index >= 15 is 0 Å². The van der Waals surface area contributed by atoms with Crippen molar-refractivity contribution in [2.75, 3.05) is 7.05 Å². The summed E-state index contributed by atoms with van der Waals surface area (Å²) in [5.41, 5.74) is 6.68. The molecule has 0 radical (unpaired) electrons. The molecule has 1 aliphatic carbocycles. The van der Waals surface area contributed by atoms with Gasteiger partial charge in [-0.2, -0.15) is 5.10 Å². The summed E-state index contributed by atoms with van der Waals surface area (Å²) >= 11 is 0. The molecular formula is C16H21N3. The summed E-state index contributed by atoms with van der Waals surface area (Å²) in [7, 11) is 3.96. The normalized spacial score (nSPS) is 14.4. The van der Waals surface area contributed by atoms with E-state index in [9.17, 15) is 0 Å². The molecule has 1 N–H and O–H groups in total. The van der Waals surface area contributed by atoms with E-state index in [0.717, 1.165) is 12.2 Å². The molecule has 1 aromatic heterocycles. The third kappa shape index (κ3) is 2.43. The van der Waals surface area contributed by atoms with Crippen molar-refractivity contribution in [1.82, 2.24) is 15.1 Å². The molecule has 2 aromatic rings. The van der Waals surface area contributed by atoms with Crippen LogP contribution in [0, 0.1) is 0 Å². The zero-order valence-electron chi connectivity index (χ0n) is 11.7. The Balaban J connectivity index is 2.01. The van der Waals surface area contributed by atoms with Crippen LogP contribution in [0.1, 0.15) is 29.5 Å². The minimum absolute atomic E-state index is 0.861. The predicted molar refractivity (Wildman–Crippen MR) is 78.0 cm³/mol. The summed E-state index contributed by atoms with van der Waals surface area (Å²) in [6.45, 7) is 0.861. The van der Waals surface area contributed by atoms with Gasteiger partial charge in [0.05, 0.1) is 5.69 Å². The average molecular weight is 255 g/mol. The first-order chi connectivity index (χ1) is 9.28. The highest BCUT2D eigenvalue weighted by atomic mass is 15.3. The number of rotatable bonds is 3. The predicted octanol–water partition coefficient (Wildman–Crippen LogP) is 2.69. The summed E-state index contributed by atoms with van der Waals surface area (Å²) in [6.07, 6.45) is 7.22. The Morgan fingerprint density at radius 2 is 2.00 bits per heavy atom. The van der Waals surface area contributed by atoms with Crippen LogP contribution < -0.4 is 5.32 Å². The number of aromatic nitrogens is 2. The van der Waals surface area contributed by atoms with Gasteiger partial charge in [-0.15, -0.1) is 0 Å². The summed E-state index contributed by atoms with van der Waals surface area (Å²) in [5.74, 6) is 0. The lowest BCUT2D eigenvalue weighted by Gasteiger charge is -2.16. The quantitative estimate of drug-likeness (QED) is 0.914. The van der Waals surface area contributed by atoms with Gasteiger partial charge >= 0.3 is 0 Å². The molecule has 1 aliphatic rings. The zero-order valence-corrected chi connectivity index (χ0v) is 11.7. The van der Waals surface area contributed by atoms with Crippen molar-refractivity contribution in [2.45, 2.75) is 32.2 Å². The van der Waals surface area contributed by atoms with Gasteiger partial charge in [0.1, 0.15) is 0 Å². The fourth-order valence-corrected chi connectivity index (χ4v) is 2.98. The van der Waals surface area contributed by atoms with Crippen LogP contribution in [-0.4, -0.2) is 16.8 Å². The van der Waals surface area contributed by atoms with Gasteiger partial charge in [0.2, 0.25) is 0 Å². The molecule has 0 bridgehead atoms. The van der Waals surface area contributed by atoms with Crippen LogP contribution in [0.5, 0.6) is 0 Å². The molecule has 0 fully saturated rings. The number of hydrogen-bond donors (Lipinski definition) is 1. The lowest BCUT2D eigenvalue weighted by atomic mass is 9.89. The van der Waals surface area contributed by atoms with Crippen LogP contribution in [0.4, 0.5) is 0 Å². The van der Waals surface area contributed by atoms with Crippen molar-refractivity contribution in [1.29, 1.82) is 0 Å². The lowest BCUT2D eigenvalue weighted by Crippen LogP contribution is -2.06. The van der Waals surface area contributed by atoms with E-state index in [-0.39, 0.29) is 0 Å². The molecule has 0 saturated heterocycles. The molecule has 3 heteroatoms. The van der Waals surface area contributed by atoms with E-state index in [0.29, 0.717) is 0 Å². The van der Waals surface area contributed by atoms with E-state index in [1.807, 2.05) is 18.8 Å². The van der Waals surface area contributed by atoms with Gasteiger partial charge in [-0.05, 0) is 49.9 Å². The zero-order chi connectivity index (χ0) is 13.2. The largest absolute Gasteiger partial charge is 0.316 e. The first-order valence-corrected chi connectivity index (χ1v) is 7.07. The Morgan fingerprint density at radius 1 is 1.21 bits per heavy atom. The van der Waals surface area contributed by atoms with Crippen LogP contribution >= 0.6 is 0 Å². The van der Waals surface area contributed by atoms with Crippen molar-refractivity contribution in [3.63, 3.8) is 0 Å². The van der Waals surface area contributed by atoms with Crippen LogP contribution in [0.3, 0.4) is 0 Å². The van der Waals surface area contributed by atoms with E-state index in [1.165, 1.54) is 47.9 Å². The Hall–Kier alpha value is -1.61. The van der Waals surface area contributed by atoms with Crippen LogP contribution in [-0.2, 0) is 26.4 Å². The second kappa shape index (κ2) is 5.17. The molecule has 3 rings (SSSR count). The molecule has 0 atom stereocenters. The maximum absolute atomic E-state index is 4.63. The van der Waals surface area contributed by atoms with Crippen LogP contribution in [0.25, 0.3) is 11.3 Å². The van der Waals surface area contributed by atoms with E-state index in [4.69, 9.17) is 0 Å². The third-order valence-corrected chi connectivity index (χ3v) is 3.89. The molecule has 19 heavy (non-hydrogen) atoms. The maximum Gasteiger partial charge on any atom is 0.0968 e. The highest BCUT2D eigenvalue weighted by Crippen LogP contribution is 2.28. The molecule has 1 aromatic carbocycles. The van der Waals surface area contributed by atoms with Gasteiger partial charge in [-0.25, -0.2) is 0 Å². The Bertz CT molecular complexity index is 584. The second-order valence-electron chi connectivity index (χ2n) is 5.40. The topological polar surface area (TPSA) is 29.9 Å². The summed E-state index contributed by atoms with van der Waals surface area (Å²) in [4.78, 5) is 0. The van der Waals surface area contributed by atoms with Gasteiger partial charge < -0.3 is 5.32 Å². The Labute approximate surface area is 114 Å². The lowest BCUT2D eigenvalue weighted by molar-refractivity contribution is 0.685. The van der Waals surface area contributed by atoms with Crippen molar-refractivity contribution in [2.24, 2.45) is 7.05 Å². The molecule has 3 nitrogen and oxygen atoms in total. The fourth-order valence-electron chi connectivity index (χ4n) is 2.98. The van der Waals surface area contributed by atoms with Crippen molar-refractivity contribution >= 4 is 0 Å². The first kappa shape index (κ1) is 12.4. The summed E-state index contributed by atoms with van der Waals surface area (Å²) in [5, 5.41) is 7.84. The molecular weight excluding hydrogens is 234 g/mol. The molecule has 0 saturated carbocycles. The molecule has 0 unspecified atom stereocenters. The third-order valence-electron chi connectivity index (χ3n) is 3.89. The molecule has 100 valence electrons. The number of nitrogens with one attached hydrogen (secondary N) is 1.